The Kier molecular flexibility index (Phi) is 6.79. The summed E-state index contributed by atoms with van der Waals surface area (Å²) in [7, 11) is -3.46. The minimum Gasteiger partial charge on any atom is -0.391 e. The van der Waals surface area contributed by atoms with Crippen molar-refractivity contribution in [1.82, 2.24) is 4.72 Å². The number of hydrogen-bond donors (Lipinski definition) is 2. The molecule has 18 heavy (non-hydrogen) atoms. The lowest BCUT2D eigenvalue weighted by Gasteiger charge is -2.05. The van der Waals surface area contributed by atoms with E-state index in [0.717, 1.165) is 25.7 Å². The van der Waals surface area contributed by atoms with E-state index in [0.29, 0.717) is 15.2 Å². The molecule has 1 aromatic heterocycles. The summed E-state index contributed by atoms with van der Waals surface area (Å²) in [6, 6.07) is 1.50. The van der Waals surface area contributed by atoms with Crippen LogP contribution in [0.4, 0.5) is 0 Å². The van der Waals surface area contributed by atoms with Crippen LogP contribution in [0, 0.1) is 0 Å². The highest BCUT2D eigenvalue weighted by Gasteiger charge is 2.20. The number of aliphatic hydroxyl groups excluding tert-OH is 1. The molecule has 0 saturated carbocycles. The quantitative estimate of drug-likeness (QED) is 0.704. The highest BCUT2D eigenvalue weighted by Crippen LogP contribution is 2.31. The Hall–Kier alpha value is 0.0500. The van der Waals surface area contributed by atoms with Crippen molar-refractivity contribution in [3.63, 3.8) is 0 Å². The number of unbranched alkanes of at least 4 members (excludes halogenated alkanes) is 3. The van der Waals surface area contributed by atoms with E-state index in [1.165, 1.54) is 17.4 Å². The zero-order valence-electron chi connectivity index (χ0n) is 10.3. The lowest BCUT2D eigenvalue weighted by Crippen LogP contribution is -2.24. The van der Waals surface area contributed by atoms with Crippen molar-refractivity contribution < 1.29 is 13.5 Å². The lowest BCUT2D eigenvalue weighted by molar-refractivity contribution is 0.285. The minimum absolute atomic E-state index is 0.144. The third kappa shape index (κ3) is 4.62. The van der Waals surface area contributed by atoms with Gasteiger partial charge in [0.25, 0.3) is 0 Å². The van der Waals surface area contributed by atoms with Crippen molar-refractivity contribution in [3.05, 3.63) is 14.7 Å². The molecule has 0 spiro atoms. The van der Waals surface area contributed by atoms with Crippen LogP contribution in [0.1, 0.15) is 37.5 Å². The summed E-state index contributed by atoms with van der Waals surface area (Å²) in [5.41, 5.74) is 0. The summed E-state index contributed by atoms with van der Waals surface area (Å²) in [6.45, 7) is 2.43. The van der Waals surface area contributed by atoms with Crippen molar-refractivity contribution in [1.29, 1.82) is 0 Å². The number of sulfonamides is 1. The number of nitrogens with one attached hydrogen (secondary N) is 1. The number of hydrogen-bond acceptors (Lipinski definition) is 4. The van der Waals surface area contributed by atoms with Crippen LogP contribution in [-0.4, -0.2) is 20.1 Å². The summed E-state index contributed by atoms with van der Waals surface area (Å²) in [5, 5.41) is 8.99. The first kappa shape index (κ1) is 16.1. The molecule has 0 aliphatic heterocycles. The van der Waals surface area contributed by atoms with Gasteiger partial charge < -0.3 is 5.11 Å². The average molecular weight is 356 g/mol. The number of thiophene rings is 1. The summed E-state index contributed by atoms with van der Waals surface area (Å²) in [5.74, 6) is 0. The van der Waals surface area contributed by atoms with Gasteiger partial charge in [-0.15, -0.1) is 11.3 Å². The van der Waals surface area contributed by atoms with Gasteiger partial charge >= 0.3 is 0 Å². The van der Waals surface area contributed by atoms with E-state index < -0.39 is 10.0 Å². The highest BCUT2D eigenvalue weighted by atomic mass is 79.9. The van der Waals surface area contributed by atoms with Gasteiger partial charge in [0, 0.05) is 11.4 Å². The van der Waals surface area contributed by atoms with Gasteiger partial charge in [0.2, 0.25) is 10.0 Å². The van der Waals surface area contributed by atoms with Crippen LogP contribution in [0.25, 0.3) is 0 Å². The Morgan fingerprint density at radius 2 is 2.11 bits per heavy atom. The summed E-state index contributed by atoms with van der Waals surface area (Å²) in [6.07, 6.45) is 4.13. The van der Waals surface area contributed by atoms with E-state index in [2.05, 4.69) is 27.6 Å². The number of aliphatic hydroxyl groups is 1. The van der Waals surface area contributed by atoms with Gasteiger partial charge in [-0.25, -0.2) is 13.1 Å². The molecule has 2 N–H and O–H groups in total. The zero-order chi connectivity index (χ0) is 13.6. The molecule has 0 fully saturated rings. The molecule has 0 bridgehead atoms. The van der Waals surface area contributed by atoms with Crippen LogP contribution < -0.4 is 4.72 Å². The van der Waals surface area contributed by atoms with Gasteiger partial charge in [0.05, 0.1) is 10.4 Å². The van der Waals surface area contributed by atoms with E-state index in [4.69, 9.17) is 5.11 Å². The van der Waals surface area contributed by atoms with Crippen molar-refractivity contribution in [3.8, 4) is 0 Å². The van der Waals surface area contributed by atoms with E-state index in [-0.39, 0.29) is 11.5 Å². The van der Waals surface area contributed by atoms with Gasteiger partial charge in [-0.1, -0.05) is 26.2 Å². The van der Waals surface area contributed by atoms with Crippen molar-refractivity contribution in [2.75, 3.05) is 6.54 Å². The van der Waals surface area contributed by atoms with Gasteiger partial charge in [-0.05, 0) is 28.4 Å². The van der Waals surface area contributed by atoms with Gasteiger partial charge in [-0.2, -0.15) is 0 Å². The van der Waals surface area contributed by atoms with Crippen LogP contribution in [0.3, 0.4) is 0 Å². The molecule has 0 atom stereocenters. The molecule has 4 nitrogen and oxygen atoms in total. The van der Waals surface area contributed by atoms with Crippen molar-refractivity contribution in [2.45, 2.75) is 44.1 Å². The fourth-order valence-electron chi connectivity index (χ4n) is 1.50. The molecule has 1 heterocycles. The van der Waals surface area contributed by atoms with E-state index in [1.807, 2.05) is 0 Å². The van der Waals surface area contributed by atoms with E-state index in [9.17, 15) is 8.42 Å². The normalized spacial score (nSPS) is 11.9. The molecule has 104 valence electrons. The fourth-order valence-corrected chi connectivity index (χ4v) is 5.11. The van der Waals surface area contributed by atoms with Gasteiger partial charge in [0.1, 0.15) is 4.90 Å². The third-order valence-corrected chi connectivity index (χ3v) is 6.17. The molecule has 0 aliphatic carbocycles. The van der Waals surface area contributed by atoms with Crippen LogP contribution >= 0.6 is 27.3 Å². The van der Waals surface area contributed by atoms with Gasteiger partial charge in [0.15, 0.2) is 0 Å². The maximum Gasteiger partial charge on any atom is 0.242 e. The van der Waals surface area contributed by atoms with Crippen LogP contribution in [0.2, 0.25) is 0 Å². The van der Waals surface area contributed by atoms with Crippen molar-refractivity contribution >= 4 is 37.3 Å². The largest absolute Gasteiger partial charge is 0.391 e. The molecule has 0 unspecified atom stereocenters. The molecule has 0 radical (unpaired) electrons. The topological polar surface area (TPSA) is 66.4 Å². The first-order valence-electron chi connectivity index (χ1n) is 5.90. The Morgan fingerprint density at radius 1 is 1.39 bits per heavy atom. The molecule has 0 saturated heterocycles. The van der Waals surface area contributed by atoms with Crippen LogP contribution in [0.5, 0.6) is 0 Å². The second-order valence-electron chi connectivity index (χ2n) is 3.97. The second-order valence-corrected chi connectivity index (χ2v) is 8.16. The maximum atomic E-state index is 12.0. The Labute approximate surface area is 121 Å². The molecule has 1 rings (SSSR count). The van der Waals surface area contributed by atoms with Gasteiger partial charge in [-0.3, -0.25) is 0 Å². The standard InChI is InChI=1S/C11H18BrNO3S2/c1-2-3-4-5-6-13-18(15,16)10-7-9(8-14)17-11(10)12/h7,13-14H,2-6,8H2,1H3. The second kappa shape index (κ2) is 7.59. The van der Waals surface area contributed by atoms with E-state index in [1.54, 1.807) is 0 Å². The Bertz CT molecular complexity index is 471. The van der Waals surface area contributed by atoms with Crippen LogP contribution in [-0.2, 0) is 16.6 Å². The minimum atomic E-state index is -3.46. The third-order valence-electron chi connectivity index (χ3n) is 2.47. The molecule has 0 amide bonds. The Morgan fingerprint density at radius 3 is 2.67 bits per heavy atom. The first-order chi connectivity index (χ1) is 8.51. The summed E-state index contributed by atoms with van der Waals surface area (Å²) >= 11 is 4.45. The molecule has 1 aromatic rings. The highest BCUT2D eigenvalue weighted by molar-refractivity contribution is 9.11. The monoisotopic (exact) mass is 355 g/mol. The predicted octanol–water partition coefficient (Wildman–Crippen LogP) is 2.86. The molecule has 7 heteroatoms. The van der Waals surface area contributed by atoms with Crippen molar-refractivity contribution in [2.24, 2.45) is 0 Å². The average Bonchev–Trinajstić information content (AvgIpc) is 2.71. The fraction of sp³-hybridized carbons (Fsp3) is 0.636. The number of halogens is 1. The molecular formula is C11H18BrNO3S2. The number of rotatable bonds is 8. The Balaban J connectivity index is 2.60. The molecular weight excluding hydrogens is 338 g/mol. The van der Waals surface area contributed by atoms with E-state index >= 15 is 0 Å². The van der Waals surface area contributed by atoms with Crippen LogP contribution in [0.15, 0.2) is 14.7 Å². The first-order valence-corrected chi connectivity index (χ1v) is 8.99. The summed E-state index contributed by atoms with van der Waals surface area (Å²) < 4.78 is 27.1. The predicted molar refractivity (Wildman–Crippen MR) is 77.3 cm³/mol. The molecule has 0 aliphatic rings. The SMILES string of the molecule is CCCCCCNS(=O)(=O)c1cc(CO)sc1Br. The summed E-state index contributed by atoms with van der Waals surface area (Å²) in [4.78, 5) is 0.847. The lowest BCUT2D eigenvalue weighted by atomic mass is 10.2. The smallest absolute Gasteiger partial charge is 0.242 e. The maximum absolute atomic E-state index is 12.0. The molecule has 0 aromatic carbocycles. The zero-order valence-corrected chi connectivity index (χ0v) is 13.5.